The summed E-state index contributed by atoms with van der Waals surface area (Å²) in [6.07, 6.45) is -4.71. The quantitative estimate of drug-likeness (QED) is 0.819. The summed E-state index contributed by atoms with van der Waals surface area (Å²) >= 11 is 1.32. The van der Waals surface area contributed by atoms with Crippen molar-refractivity contribution in [2.24, 2.45) is 0 Å². The number of carbonyl (C=O) groups is 1. The van der Waals surface area contributed by atoms with Crippen LogP contribution in [0.5, 0.6) is 5.75 Å². The molecule has 8 heteroatoms. The number of nitrogens with one attached hydrogen (secondary N) is 1. The predicted molar refractivity (Wildman–Crippen MR) is 72.6 cm³/mol. The molecule has 114 valence electrons. The minimum Gasteiger partial charge on any atom is -0.406 e. The summed E-state index contributed by atoms with van der Waals surface area (Å²) in [6.45, 7) is 1.79. The third kappa shape index (κ3) is 6.90. The number of thioether (sulfide) groups is 1. The molecular weight excluding hydrogens is 305 g/mol. The van der Waals surface area contributed by atoms with E-state index in [0.29, 0.717) is 0 Å². The van der Waals surface area contributed by atoms with Gasteiger partial charge in [0.2, 0.25) is 5.91 Å². The van der Waals surface area contributed by atoms with E-state index in [2.05, 4.69) is 10.1 Å². The predicted octanol–water partition coefficient (Wildman–Crippen LogP) is 3.02. The number of nitriles is 1. The van der Waals surface area contributed by atoms with Crippen LogP contribution in [0.15, 0.2) is 24.3 Å². The number of hydrogen-bond acceptors (Lipinski definition) is 4. The summed E-state index contributed by atoms with van der Waals surface area (Å²) in [5.41, 5.74) is 0.780. The van der Waals surface area contributed by atoms with Crippen LogP contribution >= 0.6 is 11.8 Å². The van der Waals surface area contributed by atoms with E-state index < -0.39 is 6.36 Å². The molecule has 0 saturated heterocycles. The first-order valence-electron chi connectivity index (χ1n) is 5.93. The lowest BCUT2D eigenvalue weighted by Gasteiger charge is -2.13. The number of alkyl halides is 3. The fourth-order valence-electron chi connectivity index (χ4n) is 1.43. The molecule has 0 radical (unpaired) electrons. The third-order valence-electron chi connectivity index (χ3n) is 2.41. The second-order valence-electron chi connectivity index (χ2n) is 4.00. The van der Waals surface area contributed by atoms with Gasteiger partial charge in [-0.25, -0.2) is 0 Å². The number of amides is 1. The second kappa shape index (κ2) is 7.78. The summed E-state index contributed by atoms with van der Waals surface area (Å²) < 4.78 is 39.8. The molecule has 1 amide bonds. The van der Waals surface area contributed by atoms with Crippen LogP contribution in [0.4, 0.5) is 13.2 Å². The van der Waals surface area contributed by atoms with Gasteiger partial charge in [0.1, 0.15) is 12.3 Å². The van der Waals surface area contributed by atoms with Crippen LogP contribution in [-0.4, -0.2) is 24.6 Å². The van der Waals surface area contributed by atoms with Crippen LogP contribution in [-0.2, 0) is 4.79 Å². The Balaban J connectivity index is 2.50. The minimum absolute atomic E-state index is 0.0444. The van der Waals surface area contributed by atoms with Crippen molar-refractivity contribution >= 4 is 17.7 Å². The van der Waals surface area contributed by atoms with Crippen molar-refractivity contribution in [1.29, 1.82) is 5.26 Å². The zero-order chi connectivity index (χ0) is 15.9. The van der Waals surface area contributed by atoms with Gasteiger partial charge < -0.3 is 10.1 Å². The van der Waals surface area contributed by atoms with Crippen molar-refractivity contribution in [2.45, 2.75) is 18.5 Å². The van der Waals surface area contributed by atoms with Crippen molar-refractivity contribution in [3.05, 3.63) is 29.8 Å². The van der Waals surface area contributed by atoms with E-state index in [4.69, 9.17) is 5.26 Å². The minimum atomic E-state index is -4.71. The standard InChI is InChI=1S/C13H13F3N2O2S/c1-9(21-8-12(19)18-7-6-17)10-2-4-11(5-3-10)20-13(14,15)16/h2-5,9H,7-8H2,1H3,(H,18,19)/t9-/m0/s1. The lowest BCUT2D eigenvalue weighted by molar-refractivity contribution is -0.274. The van der Waals surface area contributed by atoms with Crippen LogP contribution in [0.1, 0.15) is 17.7 Å². The monoisotopic (exact) mass is 318 g/mol. The van der Waals surface area contributed by atoms with Gasteiger partial charge >= 0.3 is 6.36 Å². The molecular formula is C13H13F3N2O2S. The molecule has 0 aromatic heterocycles. The summed E-state index contributed by atoms with van der Waals surface area (Å²) in [4.78, 5) is 11.3. The fraction of sp³-hybridized carbons (Fsp3) is 0.385. The van der Waals surface area contributed by atoms with E-state index in [0.717, 1.165) is 5.56 Å². The number of carbonyl (C=O) groups excluding carboxylic acids is 1. The molecule has 0 aliphatic carbocycles. The molecule has 0 aliphatic heterocycles. The van der Waals surface area contributed by atoms with Crippen molar-refractivity contribution < 1.29 is 22.7 Å². The largest absolute Gasteiger partial charge is 0.573 e. The first-order valence-corrected chi connectivity index (χ1v) is 6.97. The van der Waals surface area contributed by atoms with Crippen molar-refractivity contribution in [2.75, 3.05) is 12.3 Å². The number of nitrogens with zero attached hydrogens (tertiary/aromatic N) is 1. The Morgan fingerprint density at radius 1 is 1.43 bits per heavy atom. The van der Waals surface area contributed by atoms with E-state index in [9.17, 15) is 18.0 Å². The summed E-state index contributed by atoms with van der Waals surface area (Å²) in [5, 5.41) is 10.7. The summed E-state index contributed by atoms with van der Waals surface area (Å²) in [7, 11) is 0. The molecule has 1 atom stereocenters. The van der Waals surface area contributed by atoms with Gasteiger partial charge in [-0.3, -0.25) is 4.79 Å². The van der Waals surface area contributed by atoms with Crippen LogP contribution in [0.2, 0.25) is 0 Å². The van der Waals surface area contributed by atoms with Crippen LogP contribution in [0.25, 0.3) is 0 Å². The van der Waals surface area contributed by atoms with E-state index in [1.807, 2.05) is 6.92 Å². The molecule has 1 aromatic rings. The fourth-order valence-corrected chi connectivity index (χ4v) is 2.28. The van der Waals surface area contributed by atoms with Gasteiger partial charge in [0, 0.05) is 5.25 Å². The molecule has 0 spiro atoms. The smallest absolute Gasteiger partial charge is 0.406 e. The second-order valence-corrected chi connectivity index (χ2v) is 5.33. The molecule has 0 unspecified atom stereocenters. The highest BCUT2D eigenvalue weighted by molar-refractivity contribution is 8.00. The Kier molecular flexibility index (Phi) is 6.37. The summed E-state index contributed by atoms with van der Waals surface area (Å²) in [6, 6.07) is 7.30. The first-order chi connectivity index (χ1) is 9.81. The average molecular weight is 318 g/mol. The lowest BCUT2D eigenvalue weighted by atomic mass is 10.2. The summed E-state index contributed by atoms with van der Waals surface area (Å²) in [5.74, 6) is -0.371. The molecule has 0 aliphatic rings. The number of hydrogen-bond donors (Lipinski definition) is 1. The van der Waals surface area contributed by atoms with Crippen molar-refractivity contribution in [3.63, 3.8) is 0 Å². The highest BCUT2D eigenvalue weighted by Crippen LogP contribution is 2.30. The zero-order valence-corrected chi connectivity index (χ0v) is 11.9. The molecule has 1 rings (SSSR count). The lowest BCUT2D eigenvalue weighted by Crippen LogP contribution is -2.25. The highest BCUT2D eigenvalue weighted by atomic mass is 32.2. The highest BCUT2D eigenvalue weighted by Gasteiger charge is 2.31. The molecule has 0 heterocycles. The Labute approximate surface area is 124 Å². The molecule has 1 N–H and O–H groups in total. The molecule has 0 fully saturated rings. The maximum absolute atomic E-state index is 12.0. The number of ether oxygens (including phenoxy) is 1. The first kappa shape index (κ1) is 17.2. The molecule has 1 aromatic carbocycles. The van der Waals surface area contributed by atoms with Crippen LogP contribution < -0.4 is 10.1 Å². The molecule has 21 heavy (non-hydrogen) atoms. The van der Waals surface area contributed by atoms with Gasteiger partial charge in [0.15, 0.2) is 0 Å². The number of rotatable bonds is 6. The zero-order valence-electron chi connectivity index (χ0n) is 11.1. The van der Waals surface area contributed by atoms with E-state index >= 15 is 0 Å². The maximum Gasteiger partial charge on any atom is 0.573 e. The average Bonchev–Trinajstić information content (AvgIpc) is 2.41. The Bertz CT molecular complexity index is 512. The molecule has 0 bridgehead atoms. The van der Waals surface area contributed by atoms with Gasteiger partial charge in [0.05, 0.1) is 11.8 Å². The van der Waals surface area contributed by atoms with Crippen LogP contribution in [0.3, 0.4) is 0 Å². The maximum atomic E-state index is 12.0. The normalized spacial score (nSPS) is 12.3. The topological polar surface area (TPSA) is 62.1 Å². The Morgan fingerprint density at radius 2 is 2.05 bits per heavy atom. The van der Waals surface area contributed by atoms with E-state index in [1.165, 1.54) is 36.0 Å². The number of halogens is 3. The van der Waals surface area contributed by atoms with Gasteiger partial charge in [-0.1, -0.05) is 12.1 Å². The van der Waals surface area contributed by atoms with Crippen molar-refractivity contribution in [1.82, 2.24) is 5.32 Å². The van der Waals surface area contributed by atoms with Gasteiger partial charge in [-0.05, 0) is 24.6 Å². The van der Waals surface area contributed by atoms with Gasteiger partial charge in [0.25, 0.3) is 0 Å². The Morgan fingerprint density at radius 3 is 2.57 bits per heavy atom. The molecule has 4 nitrogen and oxygen atoms in total. The van der Waals surface area contributed by atoms with E-state index in [1.54, 1.807) is 6.07 Å². The third-order valence-corrected chi connectivity index (χ3v) is 3.61. The Hall–Kier alpha value is -1.88. The molecule has 0 saturated carbocycles. The van der Waals surface area contributed by atoms with Crippen LogP contribution in [0, 0.1) is 11.3 Å². The number of benzene rings is 1. The SMILES string of the molecule is C[C@H](SCC(=O)NCC#N)c1ccc(OC(F)(F)F)cc1. The van der Waals surface area contributed by atoms with Crippen molar-refractivity contribution in [3.8, 4) is 11.8 Å². The van der Waals surface area contributed by atoms with Gasteiger partial charge in [-0.15, -0.1) is 24.9 Å². The van der Waals surface area contributed by atoms with E-state index in [-0.39, 0.29) is 29.2 Å². The van der Waals surface area contributed by atoms with Gasteiger partial charge in [-0.2, -0.15) is 5.26 Å².